The van der Waals surface area contributed by atoms with E-state index in [2.05, 4.69) is 15.1 Å². The molecule has 1 saturated heterocycles. The predicted octanol–water partition coefficient (Wildman–Crippen LogP) is 2.94. The SMILES string of the molecule is Cc1cc(C)n2nc(SC(C3CCCO3)C(F)(F)F)nc2n1. The largest absolute Gasteiger partial charge is 0.403 e. The molecule has 1 fully saturated rings. The topological polar surface area (TPSA) is 52.3 Å². The number of aromatic nitrogens is 4. The molecule has 0 N–H and O–H groups in total. The van der Waals surface area contributed by atoms with Crippen molar-refractivity contribution in [2.45, 2.75) is 49.4 Å². The molecule has 2 aromatic heterocycles. The van der Waals surface area contributed by atoms with E-state index in [-0.39, 0.29) is 5.16 Å². The van der Waals surface area contributed by atoms with Gasteiger partial charge in [0.05, 0.1) is 6.10 Å². The molecule has 5 nitrogen and oxygen atoms in total. The zero-order valence-electron chi connectivity index (χ0n) is 12.1. The number of thioether (sulfide) groups is 1. The lowest BCUT2D eigenvalue weighted by atomic mass is 10.2. The van der Waals surface area contributed by atoms with E-state index >= 15 is 0 Å². The second-order valence-corrected chi connectivity index (χ2v) is 6.39. The van der Waals surface area contributed by atoms with E-state index in [0.717, 1.165) is 11.4 Å². The molecule has 2 unspecified atom stereocenters. The maximum absolute atomic E-state index is 13.3. The van der Waals surface area contributed by atoms with Gasteiger partial charge in [0.15, 0.2) is 0 Å². The van der Waals surface area contributed by atoms with Gasteiger partial charge >= 0.3 is 6.18 Å². The number of hydrogen-bond donors (Lipinski definition) is 0. The van der Waals surface area contributed by atoms with Crippen LogP contribution in [0.2, 0.25) is 0 Å². The van der Waals surface area contributed by atoms with E-state index in [9.17, 15) is 13.2 Å². The van der Waals surface area contributed by atoms with Gasteiger partial charge in [-0.25, -0.2) is 9.50 Å². The second kappa shape index (κ2) is 5.69. The van der Waals surface area contributed by atoms with Gasteiger partial charge in [-0.15, -0.1) is 5.10 Å². The minimum atomic E-state index is -4.37. The number of halogens is 3. The number of aryl methyl sites for hydroxylation is 2. The first-order valence-corrected chi connectivity index (χ1v) is 7.78. The van der Waals surface area contributed by atoms with Crippen molar-refractivity contribution in [1.82, 2.24) is 19.6 Å². The summed E-state index contributed by atoms with van der Waals surface area (Å²) in [6.07, 6.45) is -4.15. The molecule has 2 aromatic rings. The molecule has 3 rings (SSSR count). The minimum absolute atomic E-state index is 0.0685. The summed E-state index contributed by atoms with van der Waals surface area (Å²) in [5.74, 6) is 0.313. The maximum Gasteiger partial charge on any atom is 0.403 e. The van der Waals surface area contributed by atoms with Crippen LogP contribution in [0.1, 0.15) is 24.2 Å². The summed E-state index contributed by atoms with van der Waals surface area (Å²) in [7, 11) is 0. The van der Waals surface area contributed by atoms with Gasteiger partial charge in [0, 0.05) is 18.0 Å². The quantitative estimate of drug-likeness (QED) is 0.809. The summed E-state index contributed by atoms with van der Waals surface area (Å²) in [4.78, 5) is 8.29. The molecule has 1 aliphatic heterocycles. The molecule has 0 amide bonds. The number of fused-ring (bicyclic) bond motifs is 1. The van der Waals surface area contributed by atoms with Crippen LogP contribution < -0.4 is 0 Å². The Morgan fingerprint density at radius 2 is 2.14 bits per heavy atom. The third-order valence-corrected chi connectivity index (χ3v) is 4.66. The van der Waals surface area contributed by atoms with Crippen LogP contribution in [0.4, 0.5) is 13.2 Å². The zero-order valence-corrected chi connectivity index (χ0v) is 12.9. The van der Waals surface area contributed by atoms with Crippen molar-refractivity contribution < 1.29 is 17.9 Å². The summed E-state index contributed by atoms with van der Waals surface area (Å²) in [5.41, 5.74) is 1.53. The highest BCUT2D eigenvalue weighted by Crippen LogP contribution is 2.39. The van der Waals surface area contributed by atoms with Crippen LogP contribution in [0, 0.1) is 13.8 Å². The number of nitrogens with zero attached hydrogens (tertiary/aromatic N) is 4. The Morgan fingerprint density at radius 3 is 2.77 bits per heavy atom. The molecular formula is C13H15F3N4OS. The van der Waals surface area contributed by atoms with Crippen LogP contribution in [0.15, 0.2) is 11.2 Å². The van der Waals surface area contributed by atoms with Crippen molar-refractivity contribution in [2.75, 3.05) is 6.61 Å². The summed E-state index contributed by atoms with van der Waals surface area (Å²) in [6.45, 7) is 3.99. The number of hydrogen-bond acceptors (Lipinski definition) is 5. The first kappa shape index (κ1) is 15.5. The van der Waals surface area contributed by atoms with Crippen molar-refractivity contribution in [3.63, 3.8) is 0 Å². The van der Waals surface area contributed by atoms with E-state index in [1.54, 1.807) is 13.0 Å². The fraction of sp³-hybridized carbons (Fsp3) is 0.615. The van der Waals surface area contributed by atoms with E-state index in [1.165, 1.54) is 4.52 Å². The van der Waals surface area contributed by atoms with E-state index < -0.39 is 17.5 Å². The molecule has 9 heteroatoms. The van der Waals surface area contributed by atoms with E-state index in [0.29, 0.717) is 37.0 Å². The molecule has 0 saturated carbocycles. The Labute approximate surface area is 129 Å². The Bertz CT molecular complexity index is 682. The molecule has 3 heterocycles. The predicted molar refractivity (Wildman–Crippen MR) is 74.9 cm³/mol. The lowest BCUT2D eigenvalue weighted by Crippen LogP contribution is -2.36. The van der Waals surface area contributed by atoms with Gasteiger partial charge in [0.1, 0.15) is 5.25 Å². The van der Waals surface area contributed by atoms with Gasteiger partial charge in [-0.1, -0.05) is 11.8 Å². The van der Waals surface area contributed by atoms with Crippen molar-refractivity contribution in [2.24, 2.45) is 0 Å². The van der Waals surface area contributed by atoms with Crippen LogP contribution in [0.5, 0.6) is 0 Å². The Morgan fingerprint density at radius 1 is 1.36 bits per heavy atom. The zero-order chi connectivity index (χ0) is 15.9. The Hall–Kier alpha value is -1.35. The molecule has 0 spiro atoms. The number of rotatable bonds is 3. The average Bonchev–Trinajstić information content (AvgIpc) is 3.02. The van der Waals surface area contributed by atoms with Gasteiger partial charge in [-0.2, -0.15) is 18.2 Å². The molecule has 0 bridgehead atoms. The highest BCUT2D eigenvalue weighted by atomic mass is 32.2. The lowest BCUT2D eigenvalue weighted by Gasteiger charge is -2.23. The monoisotopic (exact) mass is 332 g/mol. The summed E-state index contributed by atoms with van der Waals surface area (Å²) in [5, 5.41) is 2.54. The van der Waals surface area contributed by atoms with Crippen molar-refractivity contribution >= 4 is 17.5 Å². The van der Waals surface area contributed by atoms with E-state index in [1.807, 2.05) is 6.92 Å². The molecule has 1 aliphatic rings. The minimum Gasteiger partial charge on any atom is -0.377 e. The van der Waals surface area contributed by atoms with Crippen LogP contribution in [0.3, 0.4) is 0 Å². The average molecular weight is 332 g/mol. The normalized spacial score (nSPS) is 20.7. The summed E-state index contributed by atoms with van der Waals surface area (Å²) >= 11 is 0.600. The summed E-state index contributed by atoms with van der Waals surface area (Å²) in [6, 6.07) is 1.80. The fourth-order valence-electron chi connectivity index (χ4n) is 2.51. The fourth-order valence-corrected chi connectivity index (χ4v) is 3.50. The molecule has 120 valence electrons. The van der Waals surface area contributed by atoms with Gasteiger partial charge < -0.3 is 4.74 Å². The van der Waals surface area contributed by atoms with Crippen LogP contribution in [0.25, 0.3) is 5.78 Å². The maximum atomic E-state index is 13.3. The lowest BCUT2D eigenvalue weighted by molar-refractivity contribution is -0.148. The standard InChI is InChI=1S/C13H15F3N4OS/c1-7-6-8(2)20-11(17-7)18-12(19-20)22-10(13(14,15)16)9-4-3-5-21-9/h6,9-10H,3-5H2,1-2H3. The van der Waals surface area contributed by atoms with Crippen LogP contribution in [-0.2, 0) is 4.74 Å². The molecule has 2 atom stereocenters. The molecule has 22 heavy (non-hydrogen) atoms. The highest BCUT2D eigenvalue weighted by molar-refractivity contribution is 7.99. The van der Waals surface area contributed by atoms with Gasteiger partial charge in [0.25, 0.3) is 5.78 Å². The molecule has 0 radical (unpaired) electrons. The van der Waals surface area contributed by atoms with Gasteiger partial charge in [0.2, 0.25) is 5.16 Å². The van der Waals surface area contributed by atoms with Crippen molar-refractivity contribution in [3.8, 4) is 0 Å². The highest BCUT2D eigenvalue weighted by Gasteiger charge is 2.47. The van der Waals surface area contributed by atoms with E-state index in [4.69, 9.17) is 4.74 Å². The van der Waals surface area contributed by atoms with Gasteiger partial charge in [-0.05, 0) is 32.8 Å². The molecular weight excluding hydrogens is 317 g/mol. The Kier molecular flexibility index (Phi) is 4.02. The number of ether oxygens (including phenoxy) is 1. The van der Waals surface area contributed by atoms with Crippen molar-refractivity contribution in [1.29, 1.82) is 0 Å². The second-order valence-electron chi connectivity index (χ2n) is 5.28. The molecule has 0 aliphatic carbocycles. The van der Waals surface area contributed by atoms with Crippen molar-refractivity contribution in [3.05, 3.63) is 17.5 Å². The van der Waals surface area contributed by atoms with Gasteiger partial charge in [-0.3, -0.25) is 0 Å². The smallest absolute Gasteiger partial charge is 0.377 e. The van der Waals surface area contributed by atoms with Crippen LogP contribution in [-0.4, -0.2) is 43.7 Å². The first-order valence-electron chi connectivity index (χ1n) is 6.90. The third kappa shape index (κ3) is 3.05. The third-order valence-electron chi connectivity index (χ3n) is 3.46. The number of alkyl halides is 3. The summed E-state index contributed by atoms with van der Waals surface area (Å²) < 4.78 is 46.5. The first-order chi connectivity index (χ1) is 10.3. The van der Waals surface area contributed by atoms with Crippen LogP contribution >= 0.6 is 11.8 Å². The molecule has 0 aromatic carbocycles. The Balaban J connectivity index is 1.91.